The van der Waals surface area contributed by atoms with Gasteiger partial charge >= 0.3 is 1390 Å². The van der Waals surface area contributed by atoms with Gasteiger partial charge in [0, 0.05) is 0 Å². The molecule has 0 bridgehead atoms. The molecule has 0 spiro atoms. The second-order valence-electron chi connectivity index (χ2n) is 0. The van der Waals surface area contributed by atoms with Crippen molar-refractivity contribution in [2.75, 3.05) is 0 Å². The van der Waals surface area contributed by atoms with Crippen molar-refractivity contribution >= 4 is 1390 Å². The first kappa shape index (κ1) is 180. The molecule has 0 rings (SSSR count). The van der Waals surface area contributed by atoms with Gasteiger partial charge in [0.05, 0.1) is 0 Å². The summed E-state index contributed by atoms with van der Waals surface area (Å²) in [7, 11) is 0. The van der Waals surface area contributed by atoms with E-state index in [1.54, 1.807) is 0 Å². The van der Waals surface area contributed by atoms with Crippen LogP contribution in [-0.4, -0.2) is 1390 Å². The van der Waals surface area contributed by atoms with E-state index in [1.807, 2.05) is 0 Å². The Hall–Kier alpha value is 44.2. The summed E-state index contributed by atoms with van der Waals surface area (Å²) < 4.78 is 0. The average molecular weight is 1080 g/mol. The Morgan fingerprint density at radius 1 is 0.0370 bits per heavy atom. The fourth-order valence-electron chi connectivity index (χ4n) is 0. The van der Waals surface area contributed by atoms with Crippen LogP contribution in [0.5, 0.6) is 0 Å². The van der Waals surface area contributed by atoms with Crippen LogP contribution in [0.25, 0.3) is 0 Å². The average Bonchev–Trinajstić information content (AvgIpc) is 0. The van der Waals surface area contributed by atoms with Crippen LogP contribution in [0.4, 0.5) is 0 Å². The standard InChI is InChI=1S/27K.27H. The molecule has 0 amide bonds. The van der Waals surface area contributed by atoms with Gasteiger partial charge in [-0.25, -0.2) is 0 Å². The van der Waals surface area contributed by atoms with Crippen LogP contribution in [0.2, 0.25) is 0 Å². The minimum atomic E-state index is 0. The second-order valence-corrected chi connectivity index (χ2v) is 0. The van der Waals surface area contributed by atoms with E-state index in [0.717, 1.165) is 0 Å². The Morgan fingerprint density at radius 2 is 0.0370 bits per heavy atom. The van der Waals surface area contributed by atoms with E-state index in [2.05, 4.69) is 0 Å². The molecule has 0 unspecified atom stereocenters. The van der Waals surface area contributed by atoms with E-state index in [9.17, 15) is 0 Å². The van der Waals surface area contributed by atoms with Crippen molar-refractivity contribution in [1.82, 2.24) is 0 Å². The SMILES string of the molecule is [KH].[KH].[KH].[KH].[KH].[KH].[KH].[KH].[KH].[KH].[KH].[KH].[KH].[KH].[KH].[KH].[KH].[KH].[KH].[KH].[KH].[KH].[KH].[KH].[KH].[KH].[KH]. The van der Waals surface area contributed by atoms with Gasteiger partial charge in [-0.15, -0.1) is 0 Å². The topological polar surface area (TPSA) is 0 Å². The molecular formula is H27K27. The molecule has 0 radical (unpaired) electrons. The number of rotatable bonds is 0. The zero-order chi connectivity index (χ0) is 0. The van der Waals surface area contributed by atoms with Crippen molar-refractivity contribution in [2.45, 2.75) is 0 Å². The fraction of sp³-hybridized carbons (Fsp3) is 0. The van der Waals surface area contributed by atoms with Crippen LogP contribution in [-0.2, 0) is 0 Å². The molecule has 0 nitrogen and oxygen atoms in total. The maximum atomic E-state index is 0. The predicted octanol–water partition coefficient (Wildman–Crippen LogP) is -17.5. The molecule has 27 heavy (non-hydrogen) atoms. The van der Waals surface area contributed by atoms with Crippen molar-refractivity contribution in [3.8, 4) is 0 Å². The Balaban J connectivity index is 0. The zero-order valence-corrected chi connectivity index (χ0v) is 0. The summed E-state index contributed by atoms with van der Waals surface area (Å²) in [4.78, 5) is 0. The summed E-state index contributed by atoms with van der Waals surface area (Å²) >= 11 is 0. The van der Waals surface area contributed by atoms with Gasteiger partial charge in [0.15, 0.2) is 0 Å². The molecule has 0 saturated carbocycles. The van der Waals surface area contributed by atoms with Gasteiger partial charge < -0.3 is 0 Å². The van der Waals surface area contributed by atoms with E-state index >= 15 is 0 Å². The van der Waals surface area contributed by atoms with Gasteiger partial charge in [-0.05, 0) is 0 Å². The summed E-state index contributed by atoms with van der Waals surface area (Å²) in [6.07, 6.45) is 0. The Kier molecular flexibility index (Phi) is 1140. The van der Waals surface area contributed by atoms with E-state index < -0.39 is 0 Å². The van der Waals surface area contributed by atoms with E-state index in [4.69, 9.17) is 0 Å². The molecule has 0 fully saturated rings. The molecule has 0 atom stereocenters. The molecule has 0 aromatic carbocycles. The van der Waals surface area contributed by atoms with Crippen molar-refractivity contribution in [3.63, 3.8) is 0 Å². The van der Waals surface area contributed by atoms with Gasteiger partial charge in [-0.2, -0.15) is 0 Å². The van der Waals surface area contributed by atoms with Gasteiger partial charge in [0.25, 0.3) is 0 Å². The first-order chi connectivity index (χ1) is 0. The third-order valence-corrected chi connectivity index (χ3v) is 0. The van der Waals surface area contributed by atoms with Crippen molar-refractivity contribution < 1.29 is 0 Å². The summed E-state index contributed by atoms with van der Waals surface area (Å²) in [5.41, 5.74) is 0. The summed E-state index contributed by atoms with van der Waals surface area (Å²) in [5, 5.41) is 0. The van der Waals surface area contributed by atoms with Gasteiger partial charge in [-0.1, -0.05) is 0 Å². The second kappa shape index (κ2) is 172. The minimum absolute atomic E-state index is 0. The molecule has 0 N–H and O–H groups in total. The Morgan fingerprint density at radius 3 is 0.0370 bits per heavy atom. The predicted molar refractivity (Wildman–Crippen MR) is 193 cm³/mol. The third-order valence-electron chi connectivity index (χ3n) is 0. The van der Waals surface area contributed by atoms with E-state index in [-0.39, 0.29) is 1390 Å². The summed E-state index contributed by atoms with van der Waals surface area (Å²) in [5.74, 6) is 0. The zero-order valence-electron chi connectivity index (χ0n) is 0. The van der Waals surface area contributed by atoms with Crippen molar-refractivity contribution in [3.05, 3.63) is 0 Å². The normalized spacial score (nSPS) is 0. The van der Waals surface area contributed by atoms with Crippen molar-refractivity contribution in [1.29, 1.82) is 0 Å². The van der Waals surface area contributed by atoms with Crippen LogP contribution in [0.1, 0.15) is 0 Å². The molecule has 0 aliphatic carbocycles. The molecular weight excluding hydrogens is 1060 g/mol. The molecule has 0 aromatic rings. The Labute approximate surface area is 1320 Å². The number of hydrogen-bond acceptors (Lipinski definition) is 0. The number of hydrogen-bond donors (Lipinski definition) is 0. The molecule has 0 aliphatic rings. The quantitative estimate of drug-likeness (QED) is 0.212. The van der Waals surface area contributed by atoms with Gasteiger partial charge in [0.2, 0.25) is 0 Å². The summed E-state index contributed by atoms with van der Waals surface area (Å²) in [6, 6.07) is 0. The first-order valence-corrected chi connectivity index (χ1v) is 0. The first-order valence-electron chi connectivity index (χ1n) is 0. The molecule has 54 valence electrons. The fourth-order valence-corrected chi connectivity index (χ4v) is 0. The Bertz CT molecular complexity index is 0. The molecule has 0 aliphatic heterocycles. The molecule has 27 heteroatoms. The van der Waals surface area contributed by atoms with Crippen LogP contribution in [0, 0.1) is 0 Å². The van der Waals surface area contributed by atoms with Gasteiger partial charge in [0.1, 0.15) is 0 Å². The summed E-state index contributed by atoms with van der Waals surface area (Å²) in [6.45, 7) is 0. The van der Waals surface area contributed by atoms with Gasteiger partial charge in [-0.3, -0.25) is 0 Å². The van der Waals surface area contributed by atoms with Crippen LogP contribution in [0.15, 0.2) is 0 Å². The maximum absolute atomic E-state index is 0. The molecule has 0 saturated heterocycles. The van der Waals surface area contributed by atoms with Crippen LogP contribution in [0.3, 0.4) is 0 Å². The molecule has 0 heterocycles. The van der Waals surface area contributed by atoms with Crippen LogP contribution >= 0.6 is 0 Å². The monoisotopic (exact) mass is 1080 g/mol. The third kappa shape index (κ3) is 167. The molecule has 0 aromatic heterocycles. The van der Waals surface area contributed by atoms with E-state index in [1.165, 1.54) is 0 Å². The van der Waals surface area contributed by atoms with Crippen molar-refractivity contribution in [2.24, 2.45) is 0 Å². The van der Waals surface area contributed by atoms with E-state index in [0.29, 0.717) is 0 Å². The van der Waals surface area contributed by atoms with Crippen LogP contribution < -0.4 is 0 Å².